The van der Waals surface area contributed by atoms with Gasteiger partial charge in [-0.1, -0.05) is 20.8 Å². The summed E-state index contributed by atoms with van der Waals surface area (Å²) in [5.74, 6) is -1.07. The van der Waals surface area contributed by atoms with Crippen molar-refractivity contribution in [3.05, 3.63) is 29.8 Å². The summed E-state index contributed by atoms with van der Waals surface area (Å²) in [4.78, 5) is 49.0. The van der Waals surface area contributed by atoms with Crippen molar-refractivity contribution in [2.24, 2.45) is 5.92 Å². The number of imide groups is 1. The number of hydrogen-bond acceptors (Lipinski definition) is 5. The summed E-state index contributed by atoms with van der Waals surface area (Å²) in [6.07, 6.45) is 1.26. The molecule has 0 bridgehead atoms. The highest BCUT2D eigenvalue weighted by molar-refractivity contribution is 6.07. The maximum atomic E-state index is 12.3. The van der Waals surface area contributed by atoms with Gasteiger partial charge in [0.25, 0.3) is 5.91 Å². The molecule has 146 valence electrons. The lowest BCUT2D eigenvalue weighted by molar-refractivity contribution is -0.131. The van der Waals surface area contributed by atoms with Crippen LogP contribution in [0.15, 0.2) is 24.3 Å². The summed E-state index contributed by atoms with van der Waals surface area (Å²) in [5.41, 5.74) is 0.838. The fourth-order valence-electron chi connectivity index (χ4n) is 2.67. The van der Waals surface area contributed by atoms with Crippen LogP contribution in [0.2, 0.25) is 0 Å². The number of esters is 1. The molecule has 0 aliphatic carbocycles. The summed E-state index contributed by atoms with van der Waals surface area (Å²) >= 11 is 0. The minimum Gasteiger partial charge on any atom is -0.462 e. The van der Waals surface area contributed by atoms with Crippen LogP contribution in [0.1, 0.15) is 44.0 Å². The van der Waals surface area contributed by atoms with Crippen LogP contribution < -0.4 is 10.6 Å². The summed E-state index contributed by atoms with van der Waals surface area (Å²) in [5, 5.41) is 5.21. The molecule has 0 radical (unpaired) electrons. The molecule has 8 heteroatoms. The molecule has 1 aliphatic heterocycles. The Labute approximate surface area is 158 Å². The van der Waals surface area contributed by atoms with Crippen LogP contribution in [0.3, 0.4) is 0 Å². The van der Waals surface area contributed by atoms with Gasteiger partial charge in [0.05, 0.1) is 12.2 Å². The van der Waals surface area contributed by atoms with Crippen molar-refractivity contribution in [3.63, 3.8) is 0 Å². The van der Waals surface area contributed by atoms with Gasteiger partial charge in [-0.15, -0.1) is 0 Å². The van der Waals surface area contributed by atoms with Crippen molar-refractivity contribution in [1.82, 2.24) is 10.2 Å². The number of benzene rings is 1. The molecule has 1 fully saturated rings. The Morgan fingerprint density at radius 3 is 2.48 bits per heavy atom. The van der Waals surface area contributed by atoms with Crippen molar-refractivity contribution in [1.29, 1.82) is 0 Å². The van der Waals surface area contributed by atoms with E-state index in [2.05, 4.69) is 10.6 Å². The number of hydrogen-bond donors (Lipinski definition) is 2. The van der Waals surface area contributed by atoms with Crippen molar-refractivity contribution in [2.45, 2.75) is 39.7 Å². The van der Waals surface area contributed by atoms with Crippen LogP contribution in [0.5, 0.6) is 0 Å². The zero-order valence-electron chi connectivity index (χ0n) is 15.8. The van der Waals surface area contributed by atoms with E-state index in [1.165, 1.54) is 0 Å². The SMILES string of the molecule is CCCOC(=O)c1ccc(NC(=O)CN2C(=O)NC(CC(C)C)C2=O)cc1. The average molecular weight is 375 g/mol. The molecule has 27 heavy (non-hydrogen) atoms. The Kier molecular flexibility index (Phi) is 6.92. The number of ether oxygens (including phenoxy) is 1. The third-order valence-corrected chi connectivity index (χ3v) is 3.96. The molecular weight excluding hydrogens is 350 g/mol. The van der Waals surface area contributed by atoms with Crippen molar-refractivity contribution in [3.8, 4) is 0 Å². The fraction of sp³-hybridized carbons (Fsp3) is 0.474. The summed E-state index contributed by atoms with van der Waals surface area (Å²) < 4.78 is 5.03. The monoisotopic (exact) mass is 375 g/mol. The zero-order chi connectivity index (χ0) is 20.0. The Hall–Kier alpha value is -2.90. The van der Waals surface area contributed by atoms with Crippen LogP contribution in [0.25, 0.3) is 0 Å². The van der Waals surface area contributed by atoms with Crippen LogP contribution in [-0.4, -0.2) is 47.9 Å². The van der Waals surface area contributed by atoms with Gasteiger partial charge in [0, 0.05) is 5.69 Å². The quantitative estimate of drug-likeness (QED) is 0.535. The lowest BCUT2D eigenvalue weighted by atomic mass is 10.0. The molecule has 0 saturated carbocycles. The number of amides is 4. The number of nitrogens with zero attached hydrogens (tertiary/aromatic N) is 1. The maximum absolute atomic E-state index is 12.3. The predicted molar refractivity (Wildman–Crippen MR) is 99.1 cm³/mol. The molecular formula is C19H25N3O5. The molecule has 8 nitrogen and oxygen atoms in total. The smallest absolute Gasteiger partial charge is 0.338 e. The van der Waals surface area contributed by atoms with Gasteiger partial charge in [0.2, 0.25) is 5.91 Å². The number of urea groups is 1. The van der Waals surface area contributed by atoms with E-state index < -0.39 is 29.9 Å². The number of anilines is 1. The fourth-order valence-corrected chi connectivity index (χ4v) is 2.67. The second kappa shape index (κ2) is 9.16. The number of carbonyl (C=O) groups is 4. The first-order valence-electron chi connectivity index (χ1n) is 9.00. The molecule has 2 rings (SSSR count). The highest BCUT2D eigenvalue weighted by atomic mass is 16.5. The predicted octanol–water partition coefficient (Wildman–Crippen LogP) is 2.16. The third-order valence-electron chi connectivity index (χ3n) is 3.96. The van der Waals surface area contributed by atoms with Gasteiger partial charge in [-0.3, -0.25) is 14.5 Å². The van der Waals surface area contributed by atoms with Crippen molar-refractivity contribution < 1.29 is 23.9 Å². The van der Waals surface area contributed by atoms with Crippen LogP contribution in [0.4, 0.5) is 10.5 Å². The van der Waals surface area contributed by atoms with Crippen molar-refractivity contribution >= 4 is 29.5 Å². The second-order valence-electron chi connectivity index (χ2n) is 6.82. The second-order valence-corrected chi connectivity index (χ2v) is 6.82. The number of carbonyl (C=O) groups excluding carboxylic acids is 4. The first kappa shape index (κ1) is 20.4. The Bertz CT molecular complexity index is 715. The van der Waals surface area contributed by atoms with E-state index in [0.29, 0.717) is 24.3 Å². The molecule has 1 aliphatic rings. The highest BCUT2D eigenvalue weighted by Crippen LogP contribution is 2.15. The Morgan fingerprint density at radius 1 is 1.22 bits per heavy atom. The lowest BCUT2D eigenvalue weighted by Gasteiger charge is -2.14. The zero-order valence-corrected chi connectivity index (χ0v) is 15.8. The first-order chi connectivity index (χ1) is 12.8. The summed E-state index contributed by atoms with van der Waals surface area (Å²) in [6, 6.07) is 5.07. The van der Waals surface area contributed by atoms with E-state index in [9.17, 15) is 19.2 Å². The van der Waals surface area contributed by atoms with Crippen LogP contribution in [0, 0.1) is 5.92 Å². The van der Waals surface area contributed by atoms with Gasteiger partial charge in [0.1, 0.15) is 12.6 Å². The standard InChI is InChI=1S/C19H25N3O5/c1-4-9-27-18(25)13-5-7-14(8-6-13)20-16(23)11-22-17(24)15(10-12(2)3)21-19(22)26/h5-8,12,15H,4,9-11H2,1-3H3,(H,20,23)(H,21,26). The van der Waals surface area contributed by atoms with E-state index in [1.807, 2.05) is 20.8 Å². The van der Waals surface area contributed by atoms with Gasteiger partial charge in [-0.25, -0.2) is 9.59 Å². The van der Waals surface area contributed by atoms with E-state index >= 15 is 0 Å². The number of nitrogens with one attached hydrogen (secondary N) is 2. The van der Waals surface area contributed by atoms with E-state index in [0.717, 1.165) is 11.3 Å². The van der Waals surface area contributed by atoms with Gasteiger partial charge in [0.15, 0.2) is 0 Å². The molecule has 1 aromatic carbocycles. The minimum absolute atomic E-state index is 0.246. The minimum atomic E-state index is -0.585. The molecule has 2 N–H and O–H groups in total. The molecule has 1 saturated heterocycles. The molecule has 0 spiro atoms. The molecule has 1 heterocycles. The van der Waals surface area contributed by atoms with Crippen LogP contribution in [-0.2, 0) is 14.3 Å². The number of rotatable bonds is 8. The highest BCUT2D eigenvalue weighted by Gasteiger charge is 2.38. The summed E-state index contributed by atoms with van der Waals surface area (Å²) in [7, 11) is 0. The normalized spacial score (nSPS) is 16.4. The third kappa shape index (κ3) is 5.54. The van der Waals surface area contributed by atoms with E-state index in [1.54, 1.807) is 24.3 Å². The molecule has 1 unspecified atom stereocenters. The topological polar surface area (TPSA) is 105 Å². The van der Waals surface area contributed by atoms with E-state index in [-0.39, 0.29) is 12.5 Å². The Morgan fingerprint density at radius 2 is 1.89 bits per heavy atom. The molecule has 1 aromatic rings. The van der Waals surface area contributed by atoms with E-state index in [4.69, 9.17) is 4.74 Å². The average Bonchev–Trinajstić information content (AvgIpc) is 2.87. The summed E-state index contributed by atoms with van der Waals surface area (Å²) in [6.45, 7) is 5.80. The molecule has 1 atom stereocenters. The molecule has 4 amide bonds. The Balaban J connectivity index is 1.91. The van der Waals surface area contributed by atoms with Crippen molar-refractivity contribution in [2.75, 3.05) is 18.5 Å². The molecule has 0 aromatic heterocycles. The van der Waals surface area contributed by atoms with Gasteiger partial charge in [-0.05, 0) is 43.0 Å². The van der Waals surface area contributed by atoms with Gasteiger partial charge < -0.3 is 15.4 Å². The lowest BCUT2D eigenvalue weighted by Crippen LogP contribution is -2.38. The first-order valence-corrected chi connectivity index (χ1v) is 9.00. The van der Waals surface area contributed by atoms with Crippen LogP contribution >= 0.6 is 0 Å². The largest absolute Gasteiger partial charge is 0.462 e. The maximum Gasteiger partial charge on any atom is 0.338 e. The van der Waals surface area contributed by atoms with Gasteiger partial charge in [-0.2, -0.15) is 0 Å². The van der Waals surface area contributed by atoms with Gasteiger partial charge >= 0.3 is 12.0 Å².